The van der Waals surface area contributed by atoms with Crippen molar-refractivity contribution in [2.45, 2.75) is 25.3 Å². The molecule has 0 atom stereocenters. The molecule has 0 aliphatic carbocycles. The number of primary amides is 1. The Kier molecular flexibility index (Phi) is 7.42. The lowest BCUT2D eigenvalue weighted by molar-refractivity contribution is -0.119. The highest BCUT2D eigenvalue weighted by Gasteiger charge is 2.20. The van der Waals surface area contributed by atoms with Crippen LogP contribution in [0.5, 0.6) is 0 Å². The lowest BCUT2D eigenvalue weighted by atomic mass is 10.1. The van der Waals surface area contributed by atoms with Gasteiger partial charge in [-0.2, -0.15) is 4.98 Å². The summed E-state index contributed by atoms with van der Waals surface area (Å²) in [6.07, 6.45) is 2.44. The number of amides is 1. The molecule has 4 N–H and O–H groups in total. The number of carbonyl (C=O) groups is 1. The summed E-state index contributed by atoms with van der Waals surface area (Å²) in [6.45, 7) is 2.61. The number of nitrogens with one attached hydrogen (secondary N) is 2. The number of rotatable bonds is 7. The van der Waals surface area contributed by atoms with E-state index < -0.39 is 0 Å². The van der Waals surface area contributed by atoms with E-state index in [1.807, 2.05) is 12.1 Å². The molecule has 0 saturated carbocycles. The highest BCUT2D eigenvalue weighted by atomic mass is 35.5. The van der Waals surface area contributed by atoms with Gasteiger partial charge in [0.05, 0.1) is 6.54 Å². The lowest BCUT2D eigenvalue weighted by Crippen LogP contribution is -2.50. The zero-order valence-electron chi connectivity index (χ0n) is 16.4. The van der Waals surface area contributed by atoms with E-state index in [-0.39, 0.29) is 5.91 Å². The molecule has 2 heterocycles. The van der Waals surface area contributed by atoms with Crippen molar-refractivity contribution in [1.29, 1.82) is 0 Å². The van der Waals surface area contributed by atoms with Gasteiger partial charge in [-0.25, -0.2) is 0 Å². The largest absolute Gasteiger partial charge is 0.369 e. The number of hydrogen-bond acceptors (Lipinski definition) is 6. The summed E-state index contributed by atoms with van der Waals surface area (Å²) >= 11 is 6.01. The molecular weight excluding hydrogens is 394 g/mol. The normalized spacial score (nSPS) is 16.0. The van der Waals surface area contributed by atoms with Gasteiger partial charge in [0.1, 0.15) is 0 Å². The van der Waals surface area contributed by atoms with Crippen molar-refractivity contribution in [3.8, 4) is 11.4 Å². The van der Waals surface area contributed by atoms with E-state index in [1.165, 1.54) is 0 Å². The molecule has 1 aromatic carbocycles. The second-order valence-electron chi connectivity index (χ2n) is 6.93. The highest BCUT2D eigenvalue weighted by Crippen LogP contribution is 2.19. The van der Waals surface area contributed by atoms with Gasteiger partial charge in [-0.3, -0.25) is 14.7 Å². The summed E-state index contributed by atoms with van der Waals surface area (Å²) in [5.74, 6) is 1.51. The molecule has 0 unspecified atom stereocenters. The smallest absolute Gasteiger partial charge is 0.231 e. The quantitative estimate of drug-likeness (QED) is 0.453. The first-order chi connectivity index (χ1) is 14.0. The average molecular weight is 420 g/mol. The van der Waals surface area contributed by atoms with Gasteiger partial charge in [0, 0.05) is 49.7 Å². The number of aromatic nitrogens is 2. The number of hydrogen-bond donors (Lipinski definition) is 3. The second-order valence-corrected chi connectivity index (χ2v) is 7.37. The van der Waals surface area contributed by atoms with Crippen molar-refractivity contribution in [2.24, 2.45) is 10.7 Å². The molecule has 0 spiro atoms. The Hall–Kier alpha value is -2.65. The van der Waals surface area contributed by atoms with Gasteiger partial charge in [0.2, 0.25) is 17.6 Å². The van der Waals surface area contributed by atoms with Crippen LogP contribution in [0, 0.1) is 0 Å². The minimum Gasteiger partial charge on any atom is -0.369 e. The van der Waals surface area contributed by atoms with E-state index in [0.717, 1.165) is 37.5 Å². The molecule has 0 bridgehead atoms. The third kappa shape index (κ3) is 6.43. The molecule has 2 aromatic rings. The molecule has 0 radical (unpaired) electrons. The SMILES string of the molecule is CN=C(NCCc1nc(-c2cccc(Cl)c2)no1)NC1CCN(CC(N)=O)CC1. The Bertz CT molecular complexity index is 847. The van der Waals surface area contributed by atoms with Gasteiger partial charge in [0.25, 0.3) is 0 Å². The molecule has 156 valence electrons. The number of halogens is 1. The number of guanidine groups is 1. The van der Waals surface area contributed by atoms with Crippen LogP contribution in [0.4, 0.5) is 0 Å². The standard InChI is InChI=1S/C19H26ClN7O2/c1-22-19(24-15-6-9-27(10-7-15)12-16(21)28)23-8-5-17-25-18(26-29-17)13-3-2-4-14(20)11-13/h2-4,11,15H,5-10,12H2,1H3,(H2,21,28)(H2,22,23,24). The van der Waals surface area contributed by atoms with Crippen LogP contribution in [-0.4, -0.2) is 66.2 Å². The van der Waals surface area contributed by atoms with Crippen LogP contribution in [0.25, 0.3) is 11.4 Å². The number of carbonyl (C=O) groups excluding carboxylic acids is 1. The van der Waals surface area contributed by atoms with Gasteiger partial charge < -0.3 is 20.9 Å². The molecule has 3 rings (SSSR count). The second kappa shape index (κ2) is 10.2. The molecule has 1 aromatic heterocycles. The van der Waals surface area contributed by atoms with E-state index in [1.54, 1.807) is 19.2 Å². The first kappa shape index (κ1) is 21.1. The van der Waals surface area contributed by atoms with E-state index in [4.69, 9.17) is 21.9 Å². The van der Waals surface area contributed by atoms with Crippen LogP contribution in [0.15, 0.2) is 33.8 Å². The van der Waals surface area contributed by atoms with E-state index in [0.29, 0.717) is 42.3 Å². The zero-order valence-corrected chi connectivity index (χ0v) is 17.2. The van der Waals surface area contributed by atoms with Crippen LogP contribution < -0.4 is 16.4 Å². The van der Waals surface area contributed by atoms with Crippen molar-refractivity contribution < 1.29 is 9.32 Å². The van der Waals surface area contributed by atoms with E-state index >= 15 is 0 Å². The molecule has 1 fully saturated rings. The van der Waals surface area contributed by atoms with Crippen molar-refractivity contribution in [3.63, 3.8) is 0 Å². The number of nitrogens with zero attached hydrogens (tertiary/aromatic N) is 4. The summed E-state index contributed by atoms with van der Waals surface area (Å²) in [5, 5.41) is 11.3. The van der Waals surface area contributed by atoms with Gasteiger partial charge >= 0.3 is 0 Å². The number of likely N-dealkylation sites (tertiary alicyclic amines) is 1. The maximum atomic E-state index is 11.0. The lowest BCUT2D eigenvalue weighted by Gasteiger charge is -2.32. The van der Waals surface area contributed by atoms with E-state index in [2.05, 4.69) is 30.7 Å². The molecule has 1 amide bonds. The summed E-state index contributed by atoms with van der Waals surface area (Å²) in [4.78, 5) is 21.8. The van der Waals surface area contributed by atoms with Gasteiger partial charge in [0.15, 0.2) is 5.96 Å². The van der Waals surface area contributed by atoms with Crippen LogP contribution in [0.1, 0.15) is 18.7 Å². The topological polar surface area (TPSA) is 122 Å². The van der Waals surface area contributed by atoms with Gasteiger partial charge in [-0.15, -0.1) is 0 Å². The molecule has 10 heteroatoms. The first-order valence-corrected chi connectivity index (χ1v) is 9.97. The highest BCUT2D eigenvalue weighted by molar-refractivity contribution is 6.30. The number of nitrogens with two attached hydrogens (primary N) is 1. The third-order valence-corrected chi connectivity index (χ3v) is 4.95. The fourth-order valence-corrected chi connectivity index (χ4v) is 3.42. The maximum Gasteiger partial charge on any atom is 0.231 e. The third-order valence-electron chi connectivity index (χ3n) is 4.71. The minimum absolute atomic E-state index is 0.284. The van der Waals surface area contributed by atoms with Crippen LogP contribution in [-0.2, 0) is 11.2 Å². The molecule has 1 aliphatic rings. The predicted octanol–water partition coefficient (Wildman–Crippen LogP) is 1.05. The predicted molar refractivity (Wildman–Crippen MR) is 112 cm³/mol. The van der Waals surface area contributed by atoms with Gasteiger partial charge in [-0.05, 0) is 25.0 Å². The van der Waals surface area contributed by atoms with E-state index in [9.17, 15) is 4.79 Å². The molecule has 9 nitrogen and oxygen atoms in total. The Morgan fingerprint density at radius 2 is 2.21 bits per heavy atom. The number of aliphatic imine (C=N–C) groups is 1. The minimum atomic E-state index is -0.284. The van der Waals surface area contributed by atoms with Crippen molar-refractivity contribution >= 4 is 23.5 Å². The monoisotopic (exact) mass is 419 g/mol. The maximum absolute atomic E-state index is 11.0. The summed E-state index contributed by atoms with van der Waals surface area (Å²) < 4.78 is 5.32. The molecule has 1 aliphatic heterocycles. The van der Waals surface area contributed by atoms with Crippen LogP contribution in [0.2, 0.25) is 5.02 Å². The molecule has 29 heavy (non-hydrogen) atoms. The van der Waals surface area contributed by atoms with Crippen molar-refractivity contribution in [1.82, 2.24) is 25.7 Å². The number of benzene rings is 1. The Balaban J connectivity index is 1.42. The zero-order chi connectivity index (χ0) is 20.6. The average Bonchev–Trinajstić information content (AvgIpc) is 3.17. The fourth-order valence-electron chi connectivity index (χ4n) is 3.23. The Morgan fingerprint density at radius 1 is 1.41 bits per heavy atom. The summed E-state index contributed by atoms with van der Waals surface area (Å²) in [7, 11) is 1.74. The van der Waals surface area contributed by atoms with Crippen molar-refractivity contribution in [3.05, 3.63) is 35.2 Å². The summed E-state index contributed by atoms with van der Waals surface area (Å²) in [5.41, 5.74) is 6.08. The van der Waals surface area contributed by atoms with Crippen molar-refractivity contribution in [2.75, 3.05) is 33.2 Å². The fraction of sp³-hybridized carbons (Fsp3) is 0.474. The molecule has 1 saturated heterocycles. The first-order valence-electron chi connectivity index (χ1n) is 9.60. The Labute approximate surface area is 174 Å². The molecular formula is C19H26ClN7O2. The summed E-state index contributed by atoms with van der Waals surface area (Å²) in [6, 6.07) is 7.65. The number of piperidine rings is 1. The van der Waals surface area contributed by atoms with Gasteiger partial charge in [-0.1, -0.05) is 28.9 Å². The van der Waals surface area contributed by atoms with Crippen LogP contribution in [0.3, 0.4) is 0 Å². The Morgan fingerprint density at radius 3 is 2.90 bits per heavy atom. The van der Waals surface area contributed by atoms with Crippen LogP contribution >= 0.6 is 11.6 Å².